The summed E-state index contributed by atoms with van der Waals surface area (Å²) in [6, 6.07) is 4.05. The molecule has 5 nitrogen and oxygen atoms in total. The van der Waals surface area contributed by atoms with Crippen LogP contribution in [0, 0.1) is 0 Å². The Morgan fingerprint density at radius 3 is 2.90 bits per heavy atom. The molecule has 0 unspecified atom stereocenters. The maximum absolute atomic E-state index is 5.93. The predicted octanol–water partition coefficient (Wildman–Crippen LogP) is 2.41. The standard InChI is InChI=1S/C15H22N4O.HI/c1-19-9-8-17-15(19)18-11-12-6-7-16-14(10-12)20-13-4-2-3-5-13;/h6-7,10,13H,2-5,8-9,11H2,1H3,(H,17,18);1H. The zero-order chi connectivity index (χ0) is 13.8. The Hall–Kier alpha value is -1.05. The third kappa shape index (κ3) is 4.46. The average Bonchev–Trinajstić information content (AvgIpc) is 3.09. The maximum atomic E-state index is 5.93. The number of halogens is 1. The van der Waals surface area contributed by atoms with Gasteiger partial charge < -0.3 is 15.0 Å². The molecule has 1 N–H and O–H groups in total. The zero-order valence-electron chi connectivity index (χ0n) is 12.4. The Morgan fingerprint density at radius 2 is 2.19 bits per heavy atom. The number of nitrogens with zero attached hydrogens (tertiary/aromatic N) is 3. The van der Waals surface area contributed by atoms with Gasteiger partial charge in [-0.25, -0.2) is 4.98 Å². The first-order valence-electron chi connectivity index (χ1n) is 7.42. The van der Waals surface area contributed by atoms with Gasteiger partial charge in [0.1, 0.15) is 6.10 Å². The van der Waals surface area contributed by atoms with Crippen LogP contribution in [0.5, 0.6) is 5.88 Å². The zero-order valence-corrected chi connectivity index (χ0v) is 14.7. The monoisotopic (exact) mass is 402 g/mol. The van der Waals surface area contributed by atoms with Gasteiger partial charge in [0.25, 0.3) is 0 Å². The number of hydrogen-bond acceptors (Lipinski definition) is 5. The molecule has 0 atom stereocenters. The molecule has 0 amide bonds. The first kappa shape index (κ1) is 16.3. The molecule has 21 heavy (non-hydrogen) atoms. The minimum Gasteiger partial charge on any atom is -0.474 e. The number of rotatable bonds is 4. The number of nitrogens with one attached hydrogen (secondary N) is 1. The molecule has 1 saturated carbocycles. The lowest BCUT2D eigenvalue weighted by Gasteiger charge is -2.16. The van der Waals surface area contributed by atoms with E-state index < -0.39 is 0 Å². The minimum absolute atomic E-state index is 0. The summed E-state index contributed by atoms with van der Waals surface area (Å²) in [6.45, 7) is 2.63. The lowest BCUT2D eigenvalue weighted by atomic mass is 10.2. The van der Waals surface area contributed by atoms with Gasteiger partial charge in [0.2, 0.25) is 5.88 Å². The normalized spacial score (nSPS) is 18.3. The second kappa shape index (κ2) is 7.82. The Morgan fingerprint density at radius 1 is 1.38 bits per heavy atom. The molecular formula is C15H23IN4O. The fraction of sp³-hybridized carbons (Fsp3) is 0.600. The Bertz CT molecular complexity index is 488. The van der Waals surface area contributed by atoms with Gasteiger partial charge in [-0.05, 0) is 37.3 Å². The predicted molar refractivity (Wildman–Crippen MR) is 94.3 cm³/mol. The molecule has 0 aromatic carbocycles. The Balaban J connectivity index is 0.00000161. The van der Waals surface area contributed by atoms with Crippen LogP contribution >= 0.6 is 24.0 Å². The highest BCUT2D eigenvalue weighted by molar-refractivity contribution is 14.0. The van der Waals surface area contributed by atoms with E-state index in [1.54, 1.807) is 0 Å². The number of pyridine rings is 1. The van der Waals surface area contributed by atoms with Crippen LogP contribution in [0.25, 0.3) is 0 Å². The third-order valence-corrected chi connectivity index (χ3v) is 3.90. The van der Waals surface area contributed by atoms with Crippen LogP contribution in [0.3, 0.4) is 0 Å². The molecule has 1 aromatic rings. The molecular weight excluding hydrogens is 379 g/mol. The Kier molecular flexibility index (Phi) is 6.08. The SMILES string of the molecule is CN1CCN=C1NCc1ccnc(OC2CCCC2)c1.I. The smallest absolute Gasteiger partial charge is 0.213 e. The molecule has 1 aliphatic carbocycles. The highest BCUT2D eigenvalue weighted by atomic mass is 127. The van der Waals surface area contributed by atoms with Crippen molar-refractivity contribution < 1.29 is 4.74 Å². The largest absolute Gasteiger partial charge is 0.474 e. The van der Waals surface area contributed by atoms with Crippen molar-refractivity contribution in [1.82, 2.24) is 15.2 Å². The van der Waals surface area contributed by atoms with Crippen LogP contribution in [-0.2, 0) is 6.54 Å². The first-order chi connectivity index (χ1) is 9.81. The second-order valence-electron chi connectivity index (χ2n) is 5.51. The molecule has 6 heteroatoms. The van der Waals surface area contributed by atoms with Crippen molar-refractivity contribution in [2.75, 3.05) is 20.1 Å². The van der Waals surface area contributed by atoms with E-state index >= 15 is 0 Å². The van der Waals surface area contributed by atoms with Crippen molar-refractivity contribution in [2.24, 2.45) is 4.99 Å². The van der Waals surface area contributed by atoms with Crippen LogP contribution in [0.1, 0.15) is 31.2 Å². The fourth-order valence-electron chi connectivity index (χ4n) is 2.71. The van der Waals surface area contributed by atoms with Crippen LogP contribution in [0.2, 0.25) is 0 Å². The van der Waals surface area contributed by atoms with Gasteiger partial charge in [-0.1, -0.05) is 0 Å². The van der Waals surface area contributed by atoms with E-state index in [1.165, 1.54) is 18.4 Å². The molecule has 1 aromatic heterocycles. The number of hydrogen-bond donors (Lipinski definition) is 1. The second-order valence-corrected chi connectivity index (χ2v) is 5.51. The van der Waals surface area contributed by atoms with Crippen LogP contribution in [0.15, 0.2) is 23.3 Å². The van der Waals surface area contributed by atoms with E-state index in [1.807, 2.05) is 18.3 Å². The lowest BCUT2D eigenvalue weighted by Crippen LogP contribution is -2.35. The first-order valence-corrected chi connectivity index (χ1v) is 7.42. The van der Waals surface area contributed by atoms with Gasteiger partial charge in [0, 0.05) is 32.4 Å². The third-order valence-electron chi connectivity index (χ3n) is 3.90. The minimum atomic E-state index is 0. The van der Waals surface area contributed by atoms with E-state index in [2.05, 4.69) is 27.2 Å². The average molecular weight is 402 g/mol. The summed E-state index contributed by atoms with van der Waals surface area (Å²) in [6.07, 6.45) is 7.05. The summed E-state index contributed by atoms with van der Waals surface area (Å²) >= 11 is 0. The topological polar surface area (TPSA) is 49.8 Å². The van der Waals surface area contributed by atoms with Gasteiger partial charge in [0.05, 0.1) is 6.54 Å². The summed E-state index contributed by atoms with van der Waals surface area (Å²) in [5, 5.41) is 3.36. The molecule has 0 radical (unpaired) electrons. The van der Waals surface area contributed by atoms with E-state index in [9.17, 15) is 0 Å². The quantitative estimate of drug-likeness (QED) is 0.787. The summed E-state index contributed by atoms with van der Waals surface area (Å²) in [5.41, 5.74) is 1.18. The number of guanidine groups is 1. The molecule has 2 aliphatic rings. The van der Waals surface area contributed by atoms with E-state index in [0.29, 0.717) is 6.10 Å². The van der Waals surface area contributed by atoms with Gasteiger partial charge in [-0.3, -0.25) is 4.99 Å². The van der Waals surface area contributed by atoms with E-state index in [-0.39, 0.29) is 24.0 Å². The Labute approximate surface area is 143 Å². The molecule has 0 bridgehead atoms. The molecule has 1 fully saturated rings. The van der Waals surface area contributed by atoms with E-state index in [4.69, 9.17) is 4.74 Å². The molecule has 0 spiro atoms. The molecule has 1 aliphatic heterocycles. The lowest BCUT2D eigenvalue weighted by molar-refractivity contribution is 0.201. The number of ether oxygens (including phenoxy) is 1. The number of aromatic nitrogens is 1. The van der Waals surface area contributed by atoms with Gasteiger partial charge in [-0.15, -0.1) is 24.0 Å². The molecule has 2 heterocycles. The van der Waals surface area contributed by atoms with Crippen LogP contribution < -0.4 is 10.1 Å². The van der Waals surface area contributed by atoms with E-state index in [0.717, 1.165) is 44.3 Å². The number of aliphatic imine (C=N–C) groups is 1. The highest BCUT2D eigenvalue weighted by Crippen LogP contribution is 2.23. The molecule has 0 saturated heterocycles. The molecule has 116 valence electrons. The van der Waals surface area contributed by atoms with Gasteiger partial charge >= 0.3 is 0 Å². The van der Waals surface area contributed by atoms with Crippen molar-refractivity contribution in [3.05, 3.63) is 23.9 Å². The van der Waals surface area contributed by atoms with Crippen LogP contribution in [-0.4, -0.2) is 42.1 Å². The summed E-state index contributed by atoms with van der Waals surface area (Å²) in [4.78, 5) is 10.9. The number of likely N-dealkylation sites (N-methyl/N-ethyl adjacent to an activating group) is 1. The van der Waals surface area contributed by atoms with Crippen LogP contribution in [0.4, 0.5) is 0 Å². The van der Waals surface area contributed by atoms with Crippen molar-refractivity contribution >= 4 is 29.9 Å². The summed E-state index contributed by atoms with van der Waals surface area (Å²) in [5.74, 6) is 1.72. The van der Waals surface area contributed by atoms with Crippen molar-refractivity contribution in [3.63, 3.8) is 0 Å². The van der Waals surface area contributed by atoms with Gasteiger partial charge in [-0.2, -0.15) is 0 Å². The highest BCUT2D eigenvalue weighted by Gasteiger charge is 2.17. The maximum Gasteiger partial charge on any atom is 0.213 e. The summed E-state index contributed by atoms with van der Waals surface area (Å²) in [7, 11) is 2.06. The summed E-state index contributed by atoms with van der Waals surface area (Å²) < 4.78 is 5.93. The van der Waals surface area contributed by atoms with Crippen molar-refractivity contribution in [1.29, 1.82) is 0 Å². The van der Waals surface area contributed by atoms with Gasteiger partial charge in [0.15, 0.2) is 5.96 Å². The fourth-order valence-corrected chi connectivity index (χ4v) is 2.71. The van der Waals surface area contributed by atoms with Crippen molar-refractivity contribution in [3.8, 4) is 5.88 Å². The van der Waals surface area contributed by atoms with Crippen molar-refractivity contribution in [2.45, 2.75) is 38.3 Å². The molecule has 3 rings (SSSR count).